The number of nitrogens with one attached hydrogen (secondary N) is 1. The van der Waals surface area contributed by atoms with Crippen LogP contribution >= 0.6 is 0 Å². The first-order chi connectivity index (χ1) is 8.90. The van der Waals surface area contributed by atoms with E-state index in [9.17, 15) is 0 Å². The summed E-state index contributed by atoms with van der Waals surface area (Å²) in [6, 6.07) is 1.84. The van der Waals surface area contributed by atoms with Crippen LogP contribution in [0.1, 0.15) is 33.6 Å². The van der Waals surface area contributed by atoms with Crippen molar-refractivity contribution < 1.29 is 0 Å². The van der Waals surface area contributed by atoms with E-state index in [0.717, 1.165) is 24.8 Å². The third-order valence-electron chi connectivity index (χ3n) is 3.92. The Morgan fingerprint density at radius 2 is 1.89 bits per heavy atom. The Balaban J connectivity index is 2.07. The Morgan fingerprint density at radius 1 is 1.26 bits per heavy atom. The minimum Gasteiger partial charge on any atom is -0.368 e. The number of nitrogens with zero attached hydrogens (tertiary/aromatic N) is 3. The molecule has 2 rings (SSSR count). The topological polar surface area (TPSA) is 93.1 Å². The molecule has 1 aromatic heterocycles. The van der Waals surface area contributed by atoms with Gasteiger partial charge in [-0.1, -0.05) is 20.8 Å². The van der Waals surface area contributed by atoms with E-state index in [1.165, 1.54) is 12.8 Å². The number of hydrogen-bond acceptors (Lipinski definition) is 6. The minimum atomic E-state index is 0.253. The average Bonchev–Trinajstić information content (AvgIpc) is 2.37. The zero-order valence-electron chi connectivity index (χ0n) is 12.0. The molecular weight excluding hydrogens is 240 g/mol. The van der Waals surface area contributed by atoms with Gasteiger partial charge in [0.1, 0.15) is 11.6 Å². The van der Waals surface area contributed by atoms with Crippen LogP contribution in [0.4, 0.5) is 17.6 Å². The van der Waals surface area contributed by atoms with Gasteiger partial charge in [-0.05, 0) is 24.2 Å². The molecule has 0 amide bonds. The fourth-order valence-electron chi connectivity index (χ4n) is 2.66. The van der Waals surface area contributed by atoms with E-state index in [4.69, 9.17) is 11.6 Å². The van der Waals surface area contributed by atoms with Crippen molar-refractivity contribution in [2.24, 2.45) is 17.2 Å². The van der Waals surface area contributed by atoms with Crippen molar-refractivity contribution in [3.63, 3.8) is 0 Å². The summed E-state index contributed by atoms with van der Waals surface area (Å²) in [4.78, 5) is 10.5. The van der Waals surface area contributed by atoms with Crippen LogP contribution in [0, 0.1) is 11.3 Å². The molecule has 6 nitrogen and oxygen atoms in total. The Kier molecular flexibility index (Phi) is 3.80. The monoisotopic (exact) mass is 264 g/mol. The fourth-order valence-corrected chi connectivity index (χ4v) is 2.66. The van der Waals surface area contributed by atoms with E-state index in [2.05, 4.69) is 41.1 Å². The lowest BCUT2D eigenvalue weighted by molar-refractivity contribution is 0.198. The summed E-state index contributed by atoms with van der Waals surface area (Å²) in [7, 11) is 0. The number of nitrogen functional groups attached to an aromatic ring is 2. The van der Waals surface area contributed by atoms with Crippen LogP contribution in [0.15, 0.2) is 6.07 Å². The SMILES string of the molecule is CC(C)(C)C1CCN(c2cc(NN)nc(N)n2)CC1. The molecule has 0 atom stereocenters. The number of nitrogens with two attached hydrogens (primary N) is 2. The lowest BCUT2D eigenvalue weighted by Gasteiger charge is -2.39. The molecule has 1 fully saturated rings. The standard InChI is InChI=1S/C13H24N6/c1-13(2,3)9-4-6-19(7-5-9)11-8-10(18-15)16-12(14)17-11/h8-9H,4-7,15H2,1-3H3,(H3,14,16,17,18). The second-order valence-electron chi connectivity index (χ2n) is 6.24. The highest BCUT2D eigenvalue weighted by atomic mass is 15.3. The maximum atomic E-state index is 5.69. The number of rotatable bonds is 2. The highest BCUT2D eigenvalue weighted by Crippen LogP contribution is 2.35. The van der Waals surface area contributed by atoms with Gasteiger partial charge in [0.2, 0.25) is 5.95 Å². The Labute approximate surface area is 114 Å². The van der Waals surface area contributed by atoms with Gasteiger partial charge in [-0.15, -0.1) is 0 Å². The third kappa shape index (κ3) is 3.26. The molecule has 0 aliphatic carbocycles. The molecule has 5 N–H and O–H groups in total. The molecule has 0 saturated carbocycles. The zero-order chi connectivity index (χ0) is 14.0. The molecule has 0 radical (unpaired) electrons. The van der Waals surface area contributed by atoms with Crippen LogP contribution in [0.5, 0.6) is 0 Å². The molecule has 1 aliphatic rings. The van der Waals surface area contributed by atoms with E-state index in [0.29, 0.717) is 11.2 Å². The predicted molar refractivity (Wildman–Crippen MR) is 78.6 cm³/mol. The van der Waals surface area contributed by atoms with Crippen molar-refractivity contribution >= 4 is 17.6 Å². The Hall–Kier alpha value is -1.56. The van der Waals surface area contributed by atoms with E-state index in [1.54, 1.807) is 0 Å². The van der Waals surface area contributed by atoms with Crippen molar-refractivity contribution in [1.82, 2.24) is 9.97 Å². The largest absolute Gasteiger partial charge is 0.368 e. The highest BCUT2D eigenvalue weighted by molar-refractivity contribution is 5.52. The molecule has 1 aromatic rings. The fraction of sp³-hybridized carbons (Fsp3) is 0.692. The first kappa shape index (κ1) is 13.9. The van der Waals surface area contributed by atoms with Crippen LogP contribution in [-0.2, 0) is 0 Å². The van der Waals surface area contributed by atoms with Gasteiger partial charge < -0.3 is 16.1 Å². The summed E-state index contributed by atoms with van der Waals surface area (Å²) in [6.07, 6.45) is 2.36. The maximum absolute atomic E-state index is 5.69. The summed E-state index contributed by atoms with van der Waals surface area (Å²) < 4.78 is 0. The van der Waals surface area contributed by atoms with Gasteiger partial charge in [-0.2, -0.15) is 9.97 Å². The summed E-state index contributed by atoms with van der Waals surface area (Å²) in [5, 5.41) is 0. The zero-order valence-corrected chi connectivity index (χ0v) is 12.0. The first-order valence-corrected chi connectivity index (χ1v) is 6.76. The number of hydrogen-bond donors (Lipinski definition) is 3. The molecule has 0 spiro atoms. The van der Waals surface area contributed by atoms with Crippen molar-refractivity contribution in [3.05, 3.63) is 6.07 Å². The number of aromatic nitrogens is 2. The second kappa shape index (κ2) is 5.21. The predicted octanol–water partition coefficient (Wildman–Crippen LogP) is 1.61. The van der Waals surface area contributed by atoms with Gasteiger partial charge in [0, 0.05) is 19.2 Å². The van der Waals surface area contributed by atoms with Crippen LogP contribution in [-0.4, -0.2) is 23.1 Å². The van der Waals surface area contributed by atoms with E-state index in [-0.39, 0.29) is 5.95 Å². The minimum absolute atomic E-state index is 0.253. The normalized spacial score (nSPS) is 17.6. The Bertz CT molecular complexity index is 431. The quantitative estimate of drug-likeness (QED) is 0.555. The van der Waals surface area contributed by atoms with Crippen LogP contribution in [0.2, 0.25) is 0 Å². The molecule has 106 valence electrons. The summed E-state index contributed by atoms with van der Waals surface area (Å²) in [5.74, 6) is 7.80. The summed E-state index contributed by atoms with van der Waals surface area (Å²) in [6.45, 7) is 8.94. The Morgan fingerprint density at radius 3 is 2.42 bits per heavy atom. The lowest BCUT2D eigenvalue weighted by atomic mass is 9.75. The van der Waals surface area contributed by atoms with Gasteiger partial charge in [0.15, 0.2) is 0 Å². The van der Waals surface area contributed by atoms with Crippen LogP contribution < -0.4 is 21.9 Å². The van der Waals surface area contributed by atoms with Gasteiger partial charge in [0.05, 0.1) is 0 Å². The number of piperidine rings is 1. The molecule has 1 saturated heterocycles. The molecule has 0 bridgehead atoms. The van der Waals surface area contributed by atoms with Gasteiger partial charge in [0.25, 0.3) is 0 Å². The summed E-state index contributed by atoms with van der Waals surface area (Å²) in [5.41, 5.74) is 8.59. The molecule has 19 heavy (non-hydrogen) atoms. The molecule has 0 aromatic carbocycles. The van der Waals surface area contributed by atoms with Crippen molar-refractivity contribution in [3.8, 4) is 0 Å². The highest BCUT2D eigenvalue weighted by Gasteiger charge is 2.29. The van der Waals surface area contributed by atoms with E-state index < -0.39 is 0 Å². The molecule has 1 aliphatic heterocycles. The first-order valence-electron chi connectivity index (χ1n) is 6.76. The van der Waals surface area contributed by atoms with Crippen molar-refractivity contribution in [2.45, 2.75) is 33.6 Å². The van der Waals surface area contributed by atoms with Gasteiger partial charge in [-0.3, -0.25) is 0 Å². The maximum Gasteiger partial charge on any atom is 0.223 e. The van der Waals surface area contributed by atoms with Crippen molar-refractivity contribution in [2.75, 3.05) is 29.1 Å². The summed E-state index contributed by atoms with van der Waals surface area (Å²) >= 11 is 0. The second-order valence-corrected chi connectivity index (χ2v) is 6.24. The van der Waals surface area contributed by atoms with E-state index >= 15 is 0 Å². The third-order valence-corrected chi connectivity index (χ3v) is 3.92. The van der Waals surface area contributed by atoms with Gasteiger partial charge in [-0.25, -0.2) is 5.84 Å². The van der Waals surface area contributed by atoms with Gasteiger partial charge >= 0.3 is 0 Å². The smallest absolute Gasteiger partial charge is 0.223 e. The number of hydrazine groups is 1. The van der Waals surface area contributed by atoms with Crippen molar-refractivity contribution in [1.29, 1.82) is 0 Å². The molecule has 2 heterocycles. The molecule has 6 heteroatoms. The number of anilines is 3. The van der Waals surface area contributed by atoms with Crippen LogP contribution in [0.3, 0.4) is 0 Å². The molecular formula is C13H24N6. The van der Waals surface area contributed by atoms with E-state index in [1.807, 2.05) is 6.07 Å². The average molecular weight is 264 g/mol. The van der Waals surface area contributed by atoms with Crippen LogP contribution in [0.25, 0.3) is 0 Å². The molecule has 0 unspecified atom stereocenters. The lowest BCUT2D eigenvalue weighted by Crippen LogP contribution is -2.38.